The summed E-state index contributed by atoms with van der Waals surface area (Å²) < 4.78 is 0. The van der Waals surface area contributed by atoms with E-state index >= 15 is 0 Å². The third-order valence-electron chi connectivity index (χ3n) is 3.79. The SMILES string of the molecule is NC1(CO)CCCN(C2CCCC2)C1. The van der Waals surface area contributed by atoms with Crippen molar-refractivity contribution in [1.29, 1.82) is 0 Å². The molecule has 0 bridgehead atoms. The smallest absolute Gasteiger partial charge is 0.0623 e. The van der Waals surface area contributed by atoms with Gasteiger partial charge in [0.25, 0.3) is 0 Å². The van der Waals surface area contributed by atoms with Crippen LogP contribution < -0.4 is 5.73 Å². The van der Waals surface area contributed by atoms with Crippen molar-refractivity contribution in [2.45, 2.75) is 50.1 Å². The van der Waals surface area contributed by atoms with Crippen molar-refractivity contribution < 1.29 is 5.11 Å². The molecule has 0 aromatic carbocycles. The lowest BCUT2D eigenvalue weighted by Gasteiger charge is -2.42. The Balaban J connectivity index is 1.93. The standard InChI is InChI=1S/C11H22N2O/c12-11(9-14)6-3-7-13(8-11)10-4-1-2-5-10/h10,14H,1-9,12H2. The first-order chi connectivity index (χ1) is 6.73. The summed E-state index contributed by atoms with van der Waals surface area (Å²) in [6.07, 6.45) is 7.54. The molecule has 1 saturated heterocycles. The molecule has 0 radical (unpaired) electrons. The number of nitrogens with two attached hydrogens (primary N) is 1. The molecule has 3 heteroatoms. The van der Waals surface area contributed by atoms with E-state index in [1.807, 2.05) is 0 Å². The zero-order valence-electron chi connectivity index (χ0n) is 8.91. The van der Waals surface area contributed by atoms with Crippen LogP contribution in [0.4, 0.5) is 0 Å². The molecule has 3 nitrogen and oxygen atoms in total. The molecular formula is C11H22N2O. The van der Waals surface area contributed by atoms with E-state index in [0.29, 0.717) is 0 Å². The summed E-state index contributed by atoms with van der Waals surface area (Å²) in [4.78, 5) is 2.51. The van der Waals surface area contributed by atoms with Gasteiger partial charge in [-0.15, -0.1) is 0 Å². The van der Waals surface area contributed by atoms with Crippen molar-refractivity contribution in [2.75, 3.05) is 19.7 Å². The number of aliphatic hydroxyl groups is 1. The van der Waals surface area contributed by atoms with Crippen LogP contribution >= 0.6 is 0 Å². The molecule has 1 unspecified atom stereocenters. The van der Waals surface area contributed by atoms with Gasteiger partial charge in [0.05, 0.1) is 12.1 Å². The summed E-state index contributed by atoms with van der Waals surface area (Å²) in [7, 11) is 0. The number of nitrogens with zero attached hydrogens (tertiary/aromatic N) is 1. The minimum atomic E-state index is -0.319. The van der Waals surface area contributed by atoms with Crippen molar-refractivity contribution in [2.24, 2.45) is 5.73 Å². The molecule has 3 N–H and O–H groups in total. The van der Waals surface area contributed by atoms with Gasteiger partial charge in [-0.25, -0.2) is 0 Å². The van der Waals surface area contributed by atoms with Gasteiger partial charge in [0.15, 0.2) is 0 Å². The normalized spacial score (nSPS) is 36.4. The molecule has 1 saturated carbocycles. The van der Waals surface area contributed by atoms with Crippen LogP contribution in [0.1, 0.15) is 38.5 Å². The lowest BCUT2D eigenvalue weighted by molar-refractivity contribution is 0.0683. The van der Waals surface area contributed by atoms with Gasteiger partial charge in [-0.2, -0.15) is 0 Å². The summed E-state index contributed by atoms with van der Waals surface area (Å²) in [5.74, 6) is 0. The van der Waals surface area contributed by atoms with Crippen LogP contribution in [0.2, 0.25) is 0 Å². The minimum absolute atomic E-state index is 0.135. The maximum absolute atomic E-state index is 9.26. The molecule has 0 amide bonds. The first kappa shape index (κ1) is 10.4. The van der Waals surface area contributed by atoms with E-state index in [0.717, 1.165) is 25.4 Å². The quantitative estimate of drug-likeness (QED) is 0.687. The third-order valence-corrected chi connectivity index (χ3v) is 3.79. The monoisotopic (exact) mass is 198 g/mol. The van der Waals surface area contributed by atoms with E-state index in [-0.39, 0.29) is 12.1 Å². The average Bonchev–Trinajstić information content (AvgIpc) is 2.71. The molecule has 2 aliphatic rings. The van der Waals surface area contributed by atoms with Gasteiger partial charge < -0.3 is 10.8 Å². The largest absolute Gasteiger partial charge is 0.394 e. The van der Waals surface area contributed by atoms with Gasteiger partial charge in [-0.3, -0.25) is 4.90 Å². The maximum Gasteiger partial charge on any atom is 0.0623 e. The fourth-order valence-electron chi connectivity index (χ4n) is 2.91. The fourth-order valence-corrected chi connectivity index (χ4v) is 2.91. The average molecular weight is 198 g/mol. The van der Waals surface area contributed by atoms with E-state index in [9.17, 15) is 5.11 Å². The molecule has 1 atom stereocenters. The first-order valence-electron chi connectivity index (χ1n) is 5.87. The van der Waals surface area contributed by atoms with E-state index in [2.05, 4.69) is 4.90 Å². The van der Waals surface area contributed by atoms with Gasteiger partial charge in [-0.1, -0.05) is 12.8 Å². The molecule has 0 aromatic rings. The highest BCUT2D eigenvalue weighted by molar-refractivity contribution is 4.93. The van der Waals surface area contributed by atoms with Crippen molar-refractivity contribution in [3.05, 3.63) is 0 Å². The highest BCUT2D eigenvalue weighted by atomic mass is 16.3. The van der Waals surface area contributed by atoms with Gasteiger partial charge in [0, 0.05) is 12.6 Å². The summed E-state index contributed by atoms with van der Waals surface area (Å²) in [5, 5.41) is 9.26. The van der Waals surface area contributed by atoms with Crippen molar-refractivity contribution in [1.82, 2.24) is 4.90 Å². The van der Waals surface area contributed by atoms with Crippen LogP contribution in [0.15, 0.2) is 0 Å². The number of rotatable bonds is 2. The highest BCUT2D eigenvalue weighted by Crippen LogP contribution is 2.28. The Morgan fingerprint density at radius 3 is 2.64 bits per heavy atom. The Labute approximate surface area is 86.3 Å². The van der Waals surface area contributed by atoms with Gasteiger partial charge >= 0.3 is 0 Å². The molecule has 1 aliphatic heterocycles. The summed E-state index contributed by atoms with van der Waals surface area (Å²) in [6.45, 7) is 2.22. The second-order valence-corrected chi connectivity index (χ2v) is 5.03. The predicted molar refractivity (Wildman–Crippen MR) is 57.1 cm³/mol. The van der Waals surface area contributed by atoms with Crippen LogP contribution in [0.5, 0.6) is 0 Å². The molecule has 0 spiro atoms. The summed E-state index contributed by atoms with van der Waals surface area (Å²) in [6, 6.07) is 0.754. The summed E-state index contributed by atoms with van der Waals surface area (Å²) in [5.41, 5.74) is 5.81. The molecular weight excluding hydrogens is 176 g/mol. The maximum atomic E-state index is 9.26. The second kappa shape index (κ2) is 4.17. The zero-order valence-corrected chi connectivity index (χ0v) is 8.91. The van der Waals surface area contributed by atoms with Crippen LogP contribution in [-0.4, -0.2) is 41.3 Å². The lowest BCUT2D eigenvalue weighted by Crippen LogP contribution is -2.58. The fraction of sp³-hybridized carbons (Fsp3) is 1.00. The Morgan fingerprint density at radius 1 is 1.29 bits per heavy atom. The molecule has 1 heterocycles. The Hall–Kier alpha value is -0.120. The number of likely N-dealkylation sites (tertiary alicyclic amines) is 1. The van der Waals surface area contributed by atoms with E-state index in [1.165, 1.54) is 32.2 Å². The molecule has 2 fully saturated rings. The molecule has 82 valence electrons. The van der Waals surface area contributed by atoms with Crippen molar-refractivity contribution >= 4 is 0 Å². The molecule has 0 aromatic heterocycles. The number of hydrogen-bond acceptors (Lipinski definition) is 3. The first-order valence-corrected chi connectivity index (χ1v) is 5.87. The van der Waals surface area contributed by atoms with E-state index < -0.39 is 0 Å². The van der Waals surface area contributed by atoms with Crippen LogP contribution in [-0.2, 0) is 0 Å². The van der Waals surface area contributed by atoms with Crippen molar-refractivity contribution in [3.63, 3.8) is 0 Å². The molecule has 14 heavy (non-hydrogen) atoms. The topological polar surface area (TPSA) is 49.5 Å². The second-order valence-electron chi connectivity index (χ2n) is 5.03. The van der Waals surface area contributed by atoms with Crippen LogP contribution in [0, 0.1) is 0 Å². The molecule has 2 rings (SSSR count). The van der Waals surface area contributed by atoms with E-state index in [4.69, 9.17) is 5.73 Å². The Bertz CT molecular complexity index is 192. The van der Waals surface area contributed by atoms with E-state index in [1.54, 1.807) is 0 Å². The minimum Gasteiger partial charge on any atom is -0.394 e. The third kappa shape index (κ3) is 2.10. The lowest BCUT2D eigenvalue weighted by atomic mass is 9.90. The molecule has 1 aliphatic carbocycles. The van der Waals surface area contributed by atoms with Crippen molar-refractivity contribution in [3.8, 4) is 0 Å². The van der Waals surface area contributed by atoms with Crippen LogP contribution in [0.25, 0.3) is 0 Å². The number of hydrogen-bond donors (Lipinski definition) is 2. The van der Waals surface area contributed by atoms with Gasteiger partial charge in [0.2, 0.25) is 0 Å². The van der Waals surface area contributed by atoms with Gasteiger partial charge in [-0.05, 0) is 32.2 Å². The predicted octanol–water partition coefficient (Wildman–Crippen LogP) is 0.715. The Kier molecular flexibility index (Phi) is 3.10. The Morgan fingerprint density at radius 2 is 2.00 bits per heavy atom. The zero-order chi connectivity index (χ0) is 10.0. The summed E-state index contributed by atoms with van der Waals surface area (Å²) >= 11 is 0. The number of aliphatic hydroxyl groups excluding tert-OH is 1. The van der Waals surface area contributed by atoms with Crippen LogP contribution in [0.3, 0.4) is 0 Å². The highest BCUT2D eigenvalue weighted by Gasteiger charge is 2.34. The van der Waals surface area contributed by atoms with Gasteiger partial charge in [0.1, 0.15) is 0 Å². The number of piperidine rings is 1.